The Morgan fingerprint density at radius 3 is 2.67 bits per heavy atom. The molecule has 1 aromatic rings. The lowest BCUT2D eigenvalue weighted by Gasteiger charge is -2.32. The molecule has 3 rings (SSSR count). The highest BCUT2D eigenvalue weighted by molar-refractivity contribution is 5.92. The van der Waals surface area contributed by atoms with Gasteiger partial charge >= 0.3 is 0 Å². The summed E-state index contributed by atoms with van der Waals surface area (Å²) in [4.78, 5) is 42.5. The lowest BCUT2D eigenvalue weighted by Crippen LogP contribution is -2.44. The second-order valence-electron chi connectivity index (χ2n) is 7.56. The fourth-order valence-corrected chi connectivity index (χ4v) is 3.29. The van der Waals surface area contributed by atoms with Gasteiger partial charge in [-0.15, -0.1) is 0 Å². The smallest absolute Gasteiger partial charge is 0.230 e. The molecular formula is C20H28N4O3. The topological polar surface area (TPSA) is 91.4 Å². The molecule has 1 aliphatic heterocycles. The number of carbonyl (C=O) groups is 3. The number of likely N-dealkylation sites (tertiary alicyclic amines) is 1. The molecule has 2 fully saturated rings. The molecule has 0 radical (unpaired) electrons. The summed E-state index contributed by atoms with van der Waals surface area (Å²) in [6, 6.07) is 3.69. The van der Waals surface area contributed by atoms with Crippen molar-refractivity contribution in [2.75, 3.05) is 25.0 Å². The zero-order chi connectivity index (χ0) is 19.2. The number of anilines is 1. The molecule has 2 aliphatic rings. The van der Waals surface area contributed by atoms with Gasteiger partial charge in [0.25, 0.3) is 0 Å². The van der Waals surface area contributed by atoms with Gasteiger partial charge in [-0.25, -0.2) is 4.98 Å². The number of amides is 3. The molecule has 1 saturated heterocycles. The summed E-state index contributed by atoms with van der Waals surface area (Å²) in [5.74, 6) is 0.620. The van der Waals surface area contributed by atoms with Crippen LogP contribution in [-0.2, 0) is 14.4 Å². The van der Waals surface area contributed by atoms with E-state index in [1.807, 2.05) is 13.0 Å². The number of hydrogen-bond acceptors (Lipinski definition) is 4. The van der Waals surface area contributed by atoms with Gasteiger partial charge in [-0.05, 0) is 50.7 Å². The van der Waals surface area contributed by atoms with E-state index in [0.29, 0.717) is 38.3 Å². The summed E-state index contributed by atoms with van der Waals surface area (Å²) in [7, 11) is 0. The summed E-state index contributed by atoms with van der Waals surface area (Å²) in [5, 5.41) is 5.72. The van der Waals surface area contributed by atoms with Gasteiger partial charge in [0.2, 0.25) is 17.7 Å². The summed E-state index contributed by atoms with van der Waals surface area (Å²) in [5.41, 5.74) is 1.04. The number of rotatable bonds is 7. The van der Waals surface area contributed by atoms with Crippen LogP contribution in [0.2, 0.25) is 0 Å². The van der Waals surface area contributed by atoms with Crippen LogP contribution in [0.25, 0.3) is 0 Å². The molecule has 1 aromatic heterocycles. The average molecular weight is 372 g/mol. The third kappa shape index (κ3) is 5.77. The van der Waals surface area contributed by atoms with E-state index in [4.69, 9.17) is 0 Å². The first-order valence-electron chi connectivity index (χ1n) is 9.82. The molecule has 7 heteroatoms. The Bertz CT molecular complexity index is 685. The van der Waals surface area contributed by atoms with Gasteiger partial charge in [-0.2, -0.15) is 0 Å². The molecule has 146 valence electrons. The maximum atomic E-state index is 12.5. The lowest BCUT2D eigenvalue weighted by atomic mass is 9.96. The van der Waals surface area contributed by atoms with Crippen LogP contribution in [0.4, 0.5) is 5.82 Å². The van der Waals surface area contributed by atoms with Gasteiger partial charge in [-0.1, -0.05) is 6.07 Å². The van der Waals surface area contributed by atoms with Crippen LogP contribution in [0.3, 0.4) is 0 Å². The van der Waals surface area contributed by atoms with Gasteiger partial charge in [0.05, 0.1) is 5.92 Å². The lowest BCUT2D eigenvalue weighted by molar-refractivity contribution is -0.135. The second-order valence-corrected chi connectivity index (χ2v) is 7.56. The van der Waals surface area contributed by atoms with E-state index in [1.165, 1.54) is 0 Å². The van der Waals surface area contributed by atoms with Crippen LogP contribution in [0, 0.1) is 18.8 Å². The Morgan fingerprint density at radius 2 is 1.96 bits per heavy atom. The molecule has 1 saturated carbocycles. The summed E-state index contributed by atoms with van der Waals surface area (Å²) >= 11 is 0. The Morgan fingerprint density at radius 1 is 1.15 bits per heavy atom. The first-order chi connectivity index (χ1) is 13.0. The quantitative estimate of drug-likeness (QED) is 0.715. The fourth-order valence-electron chi connectivity index (χ4n) is 3.29. The van der Waals surface area contributed by atoms with Crippen molar-refractivity contribution in [3.63, 3.8) is 0 Å². The maximum absolute atomic E-state index is 12.5. The molecule has 0 aromatic carbocycles. The average Bonchev–Trinajstić information content (AvgIpc) is 3.52. The van der Waals surface area contributed by atoms with E-state index in [2.05, 4.69) is 15.6 Å². The van der Waals surface area contributed by atoms with E-state index < -0.39 is 0 Å². The molecule has 0 unspecified atom stereocenters. The molecule has 3 amide bonds. The van der Waals surface area contributed by atoms with Gasteiger partial charge < -0.3 is 15.5 Å². The normalized spacial score (nSPS) is 19.4. The van der Waals surface area contributed by atoms with Crippen LogP contribution < -0.4 is 10.6 Å². The number of piperidine rings is 1. The van der Waals surface area contributed by atoms with Gasteiger partial charge in [-0.3, -0.25) is 14.4 Å². The van der Waals surface area contributed by atoms with Gasteiger partial charge in [0.1, 0.15) is 5.82 Å². The van der Waals surface area contributed by atoms with Crippen molar-refractivity contribution >= 4 is 23.5 Å². The monoisotopic (exact) mass is 372 g/mol. The number of pyridine rings is 1. The number of aryl methyl sites for hydroxylation is 1. The number of hydrogen-bond donors (Lipinski definition) is 2. The van der Waals surface area contributed by atoms with Crippen molar-refractivity contribution in [3.8, 4) is 0 Å². The standard InChI is InChI=1S/C20H28N4O3/c1-14-6-9-17(22-12-14)23-20(27)16-4-3-11-24(13-16)18(25)5-2-10-21-19(26)15-7-8-15/h6,9,12,15-16H,2-5,7-8,10-11,13H2,1H3,(H,21,26)(H,22,23,27)/t16-/m1/s1. The Balaban J connectivity index is 1.40. The third-order valence-electron chi connectivity index (χ3n) is 5.12. The molecule has 1 aliphatic carbocycles. The number of aromatic nitrogens is 1. The van der Waals surface area contributed by atoms with E-state index >= 15 is 0 Å². The van der Waals surface area contributed by atoms with Crippen molar-refractivity contribution in [1.82, 2.24) is 15.2 Å². The molecule has 2 heterocycles. The fraction of sp³-hybridized carbons (Fsp3) is 0.600. The Hall–Kier alpha value is -2.44. The minimum Gasteiger partial charge on any atom is -0.356 e. The Labute approximate surface area is 159 Å². The predicted octanol–water partition coefficient (Wildman–Crippen LogP) is 1.87. The van der Waals surface area contributed by atoms with Gasteiger partial charge in [0.15, 0.2) is 0 Å². The Kier molecular flexibility index (Phi) is 6.42. The predicted molar refractivity (Wildman–Crippen MR) is 102 cm³/mol. The molecule has 0 spiro atoms. The zero-order valence-corrected chi connectivity index (χ0v) is 15.9. The van der Waals surface area contributed by atoms with Crippen molar-refractivity contribution in [2.24, 2.45) is 11.8 Å². The largest absolute Gasteiger partial charge is 0.356 e. The second kappa shape index (κ2) is 8.97. The molecule has 1 atom stereocenters. The molecule has 0 bridgehead atoms. The highest BCUT2D eigenvalue weighted by atomic mass is 16.2. The molecule has 27 heavy (non-hydrogen) atoms. The van der Waals surface area contributed by atoms with E-state index in [0.717, 1.165) is 31.2 Å². The minimum absolute atomic E-state index is 0.0571. The van der Waals surface area contributed by atoms with Crippen LogP contribution in [0.1, 0.15) is 44.1 Å². The number of nitrogens with zero attached hydrogens (tertiary/aromatic N) is 2. The third-order valence-corrected chi connectivity index (χ3v) is 5.12. The maximum Gasteiger partial charge on any atom is 0.230 e. The van der Waals surface area contributed by atoms with Crippen LogP contribution in [0.5, 0.6) is 0 Å². The highest BCUT2D eigenvalue weighted by Gasteiger charge is 2.30. The van der Waals surface area contributed by atoms with Crippen molar-refractivity contribution in [3.05, 3.63) is 23.9 Å². The van der Waals surface area contributed by atoms with E-state index in [-0.39, 0.29) is 29.6 Å². The van der Waals surface area contributed by atoms with Gasteiger partial charge in [0, 0.05) is 38.2 Å². The van der Waals surface area contributed by atoms with Crippen LogP contribution >= 0.6 is 0 Å². The molecule has 7 nitrogen and oxygen atoms in total. The number of carbonyl (C=O) groups excluding carboxylic acids is 3. The number of nitrogens with one attached hydrogen (secondary N) is 2. The summed E-state index contributed by atoms with van der Waals surface area (Å²) in [6.45, 7) is 3.63. The molecule has 2 N–H and O–H groups in total. The SMILES string of the molecule is Cc1ccc(NC(=O)[C@@H]2CCCN(C(=O)CCCNC(=O)C3CC3)C2)nc1. The summed E-state index contributed by atoms with van der Waals surface area (Å²) in [6.07, 6.45) is 6.33. The zero-order valence-electron chi connectivity index (χ0n) is 15.9. The van der Waals surface area contributed by atoms with E-state index in [9.17, 15) is 14.4 Å². The minimum atomic E-state index is -0.208. The van der Waals surface area contributed by atoms with Crippen LogP contribution in [0.15, 0.2) is 18.3 Å². The molecular weight excluding hydrogens is 344 g/mol. The van der Waals surface area contributed by atoms with Crippen molar-refractivity contribution in [2.45, 2.75) is 45.4 Å². The summed E-state index contributed by atoms with van der Waals surface area (Å²) < 4.78 is 0. The first-order valence-corrected chi connectivity index (χ1v) is 9.82. The first kappa shape index (κ1) is 19.3. The van der Waals surface area contributed by atoms with Crippen molar-refractivity contribution in [1.29, 1.82) is 0 Å². The van der Waals surface area contributed by atoms with E-state index in [1.54, 1.807) is 17.2 Å². The van der Waals surface area contributed by atoms with Crippen molar-refractivity contribution < 1.29 is 14.4 Å². The highest BCUT2D eigenvalue weighted by Crippen LogP contribution is 2.28. The van der Waals surface area contributed by atoms with Crippen LogP contribution in [-0.4, -0.2) is 47.2 Å².